The molecule has 1 aromatic heterocycles. The fourth-order valence-electron chi connectivity index (χ4n) is 1.87. The molecule has 0 atom stereocenters. The summed E-state index contributed by atoms with van der Waals surface area (Å²) in [5.74, 6) is -1.40. The van der Waals surface area contributed by atoms with E-state index in [1.165, 1.54) is 44.6 Å². The van der Waals surface area contributed by atoms with Crippen molar-refractivity contribution in [2.45, 2.75) is 4.90 Å². The molecule has 0 radical (unpaired) electrons. The normalized spacial score (nSPS) is 11.4. The number of ether oxygens (including phenoxy) is 1. The summed E-state index contributed by atoms with van der Waals surface area (Å²) in [7, 11) is -1.05. The van der Waals surface area contributed by atoms with Gasteiger partial charge in [-0.3, -0.25) is 4.79 Å². The number of esters is 1. The minimum absolute atomic E-state index is 0.0201. The van der Waals surface area contributed by atoms with Gasteiger partial charge in [0.05, 0.1) is 10.0 Å². The van der Waals surface area contributed by atoms with Crippen LogP contribution in [-0.2, 0) is 19.6 Å². The third kappa shape index (κ3) is 4.76. The fourth-order valence-corrected chi connectivity index (χ4v) is 3.42. The number of halogens is 2. The number of aromatic nitrogens is 1. The molecular weight excluding hydrogens is 405 g/mol. The predicted octanol–water partition coefficient (Wildman–Crippen LogP) is 2.37. The van der Waals surface area contributed by atoms with Crippen LogP contribution >= 0.6 is 23.2 Å². The van der Waals surface area contributed by atoms with Gasteiger partial charge in [0.25, 0.3) is 5.91 Å². The standard InChI is InChI=1S/C15H15Cl2N3O5S/c1-20(2)26(23,24)13-6-10(3-4-11(13)17)19-14(21)8-25-15(22)12-5-9(16)7-18-12/h3-7,18H,8H2,1-2H3,(H,19,21). The van der Waals surface area contributed by atoms with Crippen molar-refractivity contribution in [3.05, 3.63) is 46.2 Å². The number of aromatic amines is 1. The Morgan fingerprint density at radius 3 is 2.50 bits per heavy atom. The fraction of sp³-hybridized carbons (Fsp3) is 0.200. The van der Waals surface area contributed by atoms with E-state index in [0.717, 1.165) is 4.31 Å². The Hall–Kier alpha value is -2.07. The lowest BCUT2D eigenvalue weighted by atomic mass is 10.3. The van der Waals surface area contributed by atoms with Gasteiger partial charge in [-0.1, -0.05) is 23.2 Å². The van der Waals surface area contributed by atoms with Crippen LogP contribution in [0, 0.1) is 0 Å². The maximum Gasteiger partial charge on any atom is 0.355 e. The number of hydrogen-bond donors (Lipinski definition) is 2. The zero-order chi connectivity index (χ0) is 19.5. The first-order valence-corrected chi connectivity index (χ1v) is 9.34. The van der Waals surface area contributed by atoms with Gasteiger partial charge < -0.3 is 15.0 Å². The molecule has 0 bridgehead atoms. The highest BCUT2D eigenvalue weighted by Gasteiger charge is 2.21. The summed E-state index contributed by atoms with van der Waals surface area (Å²) in [4.78, 5) is 26.1. The van der Waals surface area contributed by atoms with Crippen LogP contribution in [0.4, 0.5) is 5.69 Å². The molecule has 0 fully saturated rings. The van der Waals surface area contributed by atoms with Crippen molar-refractivity contribution >= 4 is 50.8 Å². The Kier molecular flexibility index (Phi) is 6.30. The molecule has 1 amide bonds. The van der Waals surface area contributed by atoms with Gasteiger partial charge in [0, 0.05) is 26.0 Å². The number of anilines is 1. The predicted molar refractivity (Wildman–Crippen MR) is 97.0 cm³/mol. The molecule has 1 heterocycles. The SMILES string of the molecule is CN(C)S(=O)(=O)c1cc(NC(=O)COC(=O)c2cc(Cl)c[nH]2)ccc1Cl. The second kappa shape index (κ2) is 8.09. The summed E-state index contributed by atoms with van der Waals surface area (Å²) in [6.45, 7) is -0.562. The van der Waals surface area contributed by atoms with Gasteiger partial charge in [-0.25, -0.2) is 17.5 Å². The number of rotatable bonds is 6. The molecule has 0 saturated carbocycles. The van der Waals surface area contributed by atoms with Gasteiger partial charge in [0.1, 0.15) is 10.6 Å². The summed E-state index contributed by atoms with van der Waals surface area (Å²) < 4.78 is 30.3. The maximum absolute atomic E-state index is 12.2. The van der Waals surface area contributed by atoms with E-state index in [2.05, 4.69) is 10.3 Å². The van der Waals surface area contributed by atoms with Gasteiger partial charge in [0.2, 0.25) is 10.0 Å². The van der Waals surface area contributed by atoms with Crippen LogP contribution in [0.5, 0.6) is 0 Å². The summed E-state index contributed by atoms with van der Waals surface area (Å²) in [6.07, 6.45) is 1.40. The van der Waals surface area contributed by atoms with Crippen LogP contribution in [0.1, 0.15) is 10.5 Å². The molecule has 2 N–H and O–H groups in total. The lowest BCUT2D eigenvalue weighted by Gasteiger charge is -2.14. The lowest BCUT2D eigenvalue weighted by Crippen LogP contribution is -2.23. The van der Waals surface area contributed by atoms with Gasteiger partial charge in [-0.15, -0.1) is 0 Å². The van der Waals surface area contributed by atoms with Crippen molar-refractivity contribution in [1.29, 1.82) is 0 Å². The molecule has 0 spiro atoms. The van der Waals surface area contributed by atoms with E-state index in [0.29, 0.717) is 5.02 Å². The van der Waals surface area contributed by atoms with E-state index in [1.54, 1.807) is 0 Å². The van der Waals surface area contributed by atoms with Crippen molar-refractivity contribution in [3.8, 4) is 0 Å². The Labute approximate surface area is 160 Å². The number of H-pyrrole nitrogens is 1. The molecule has 1 aromatic carbocycles. The molecule has 26 heavy (non-hydrogen) atoms. The quantitative estimate of drug-likeness (QED) is 0.698. The molecule has 2 rings (SSSR count). The summed E-state index contributed by atoms with van der Waals surface area (Å²) in [5, 5.41) is 2.79. The highest BCUT2D eigenvalue weighted by atomic mass is 35.5. The first kappa shape index (κ1) is 20.2. The van der Waals surface area contributed by atoms with Gasteiger partial charge in [-0.2, -0.15) is 0 Å². The van der Waals surface area contributed by atoms with Crippen molar-refractivity contribution in [3.63, 3.8) is 0 Å². The van der Waals surface area contributed by atoms with Crippen LogP contribution in [0.2, 0.25) is 10.0 Å². The van der Waals surface area contributed by atoms with Crippen LogP contribution in [0.25, 0.3) is 0 Å². The molecule has 0 aliphatic rings. The number of carbonyl (C=O) groups excluding carboxylic acids is 2. The summed E-state index contributed by atoms with van der Waals surface area (Å²) in [5.41, 5.74) is 0.299. The van der Waals surface area contributed by atoms with E-state index in [4.69, 9.17) is 27.9 Å². The molecule has 11 heteroatoms. The second-order valence-corrected chi connectivity index (χ2v) is 8.25. The Morgan fingerprint density at radius 1 is 1.23 bits per heavy atom. The molecule has 0 aliphatic carbocycles. The van der Waals surface area contributed by atoms with Crippen molar-refractivity contribution in [2.75, 3.05) is 26.0 Å². The Bertz CT molecular complexity index is 941. The van der Waals surface area contributed by atoms with E-state index >= 15 is 0 Å². The minimum Gasteiger partial charge on any atom is -0.451 e. The van der Waals surface area contributed by atoms with Gasteiger partial charge in [-0.05, 0) is 24.3 Å². The average molecular weight is 420 g/mol. The summed E-state index contributed by atoms with van der Waals surface area (Å²) >= 11 is 11.6. The Morgan fingerprint density at radius 2 is 1.92 bits per heavy atom. The van der Waals surface area contributed by atoms with Crippen LogP contribution < -0.4 is 5.32 Å². The molecule has 8 nitrogen and oxygen atoms in total. The second-order valence-electron chi connectivity index (χ2n) is 5.29. The number of nitrogens with zero attached hydrogens (tertiary/aromatic N) is 1. The Balaban J connectivity index is 2.04. The third-order valence-corrected chi connectivity index (χ3v) is 5.69. The number of hydrogen-bond acceptors (Lipinski definition) is 5. The smallest absolute Gasteiger partial charge is 0.355 e. The summed E-state index contributed by atoms with van der Waals surface area (Å²) in [6, 6.07) is 5.36. The number of sulfonamides is 1. The third-order valence-electron chi connectivity index (χ3n) is 3.18. The lowest BCUT2D eigenvalue weighted by molar-refractivity contribution is -0.119. The maximum atomic E-state index is 12.2. The molecular formula is C15H15Cl2N3O5S. The highest BCUT2D eigenvalue weighted by molar-refractivity contribution is 7.89. The van der Waals surface area contributed by atoms with E-state index in [9.17, 15) is 18.0 Å². The zero-order valence-electron chi connectivity index (χ0n) is 13.7. The molecule has 140 valence electrons. The monoisotopic (exact) mass is 419 g/mol. The number of nitrogens with one attached hydrogen (secondary N) is 2. The number of benzene rings is 1. The first-order valence-electron chi connectivity index (χ1n) is 7.14. The van der Waals surface area contributed by atoms with Crippen molar-refractivity contribution in [1.82, 2.24) is 9.29 Å². The van der Waals surface area contributed by atoms with Crippen molar-refractivity contribution in [2.24, 2.45) is 0 Å². The highest BCUT2D eigenvalue weighted by Crippen LogP contribution is 2.26. The molecule has 2 aromatic rings. The van der Waals surface area contributed by atoms with E-state index in [-0.39, 0.29) is 21.3 Å². The van der Waals surface area contributed by atoms with Crippen LogP contribution in [-0.4, -0.2) is 50.3 Å². The van der Waals surface area contributed by atoms with E-state index < -0.39 is 28.5 Å². The molecule has 0 unspecified atom stereocenters. The largest absolute Gasteiger partial charge is 0.451 e. The first-order chi connectivity index (χ1) is 12.1. The molecule has 0 aliphatic heterocycles. The van der Waals surface area contributed by atoms with E-state index in [1.807, 2.05) is 0 Å². The number of carbonyl (C=O) groups is 2. The van der Waals surface area contributed by atoms with Crippen molar-refractivity contribution < 1.29 is 22.7 Å². The topological polar surface area (TPSA) is 109 Å². The van der Waals surface area contributed by atoms with Gasteiger partial charge >= 0.3 is 5.97 Å². The molecule has 0 saturated heterocycles. The average Bonchev–Trinajstić information content (AvgIpc) is 3.00. The number of amides is 1. The minimum atomic E-state index is -3.78. The van der Waals surface area contributed by atoms with Gasteiger partial charge in [0.15, 0.2) is 6.61 Å². The van der Waals surface area contributed by atoms with Crippen LogP contribution in [0.15, 0.2) is 35.4 Å². The van der Waals surface area contributed by atoms with Crippen LogP contribution in [0.3, 0.4) is 0 Å². The zero-order valence-corrected chi connectivity index (χ0v) is 16.1.